The number of nitrogens with one attached hydrogen (secondary N) is 1. The molecule has 0 radical (unpaired) electrons. The van der Waals surface area contributed by atoms with Crippen molar-refractivity contribution in [3.05, 3.63) is 83.2 Å². The van der Waals surface area contributed by atoms with E-state index in [0.717, 1.165) is 11.3 Å². The summed E-state index contributed by atoms with van der Waals surface area (Å²) in [6, 6.07) is 15.0. The number of ether oxygens (including phenoxy) is 2. The second-order valence-electron chi connectivity index (χ2n) is 7.38. The van der Waals surface area contributed by atoms with Gasteiger partial charge in [-0.1, -0.05) is 42.0 Å². The van der Waals surface area contributed by atoms with Crippen molar-refractivity contribution < 1.29 is 14.3 Å². The van der Waals surface area contributed by atoms with Crippen LogP contribution in [0.25, 0.3) is 5.57 Å². The summed E-state index contributed by atoms with van der Waals surface area (Å²) >= 11 is 6.40. The summed E-state index contributed by atoms with van der Waals surface area (Å²) in [5, 5.41) is 17.3. The number of allylic oxidation sites excluding steroid dienone is 2. The Hall–Kier alpha value is -4.09. The normalized spacial score (nSPS) is 14.7. The monoisotopic (exact) mass is 475 g/mol. The lowest BCUT2D eigenvalue weighted by atomic mass is 9.99. The number of aromatic nitrogens is 3. The Morgan fingerprint density at radius 3 is 2.82 bits per heavy atom. The molecule has 34 heavy (non-hydrogen) atoms. The Bertz CT molecular complexity index is 1280. The fourth-order valence-electron chi connectivity index (χ4n) is 3.42. The Kier molecular flexibility index (Phi) is 7.25. The predicted molar refractivity (Wildman–Crippen MR) is 129 cm³/mol. The summed E-state index contributed by atoms with van der Waals surface area (Å²) in [7, 11) is 0. The zero-order valence-electron chi connectivity index (χ0n) is 18.4. The third-order valence-corrected chi connectivity index (χ3v) is 5.24. The fraction of sp³-hybridized carbons (Fsp3) is 0.200. The van der Waals surface area contributed by atoms with Gasteiger partial charge >= 0.3 is 5.97 Å². The molecule has 0 fully saturated rings. The molecule has 4 rings (SSSR count). The SMILES string of the molecule is CCOC(=O)Cn1ccc(Nc2cc(Cl)c(C#N)c(C3=CCC(Oc4ccccc4)C=C3)n2)n1. The van der Waals surface area contributed by atoms with Gasteiger partial charge in [0.1, 0.15) is 30.3 Å². The number of halogens is 1. The quantitative estimate of drug-likeness (QED) is 0.462. The van der Waals surface area contributed by atoms with E-state index >= 15 is 0 Å². The van der Waals surface area contributed by atoms with E-state index in [4.69, 9.17) is 21.1 Å². The maximum atomic E-state index is 11.7. The molecule has 1 atom stereocenters. The number of carbonyl (C=O) groups is 1. The Morgan fingerprint density at radius 2 is 2.12 bits per heavy atom. The topological polar surface area (TPSA) is 102 Å². The van der Waals surface area contributed by atoms with Crippen molar-refractivity contribution in [1.82, 2.24) is 14.8 Å². The van der Waals surface area contributed by atoms with Crippen molar-refractivity contribution >= 4 is 34.8 Å². The predicted octanol–water partition coefficient (Wildman–Crippen LogP) is 4.90. The van der Waals surface area contributed by atoms with Crippen molar-refractivity contribution in [2.75, 3.05) is 11.9 Å². The van der Waals surface area contributed by atoms with Crippen LogP contribution in [0, 0.1) is 11.3 Å². The molecular formula is C25H22ClN5O3. The molecule has 2 aromatic heterocycles. The van der Waals surface area contributed by atoms with Crippen LogP contribution in [-0.4, -0.2) is 33.4 Å². The van der Waals surface area contributed by atoms with E-state index in [0.29, 0.717) is 35.9 Å². The number of anilines is 2. The number of nitriles is 1. The number of esters is 1. The van der Waals surface area contributed by atoms with Gasteiger partial charge in [-0.05, 0) is 30.7 Å². The molecule has 0 saturated carbocycles. The van der Waals surface area contributed by atoms with Crippen LogP contribution in [0.3, 0.4) is 0 Å². The number of pyridine rings is 1. The zero-order chi connectivity index (χ0) is 23.9. The molecule has 0 saturated heterocycles. The minimum Gasteiger partial charge on any atom is -0.486 e. The van der Waals surface area contributed by atoms with Crippen LogP contribution < -0.4 is 10.1 Å². The van der Waals surface area contributed by atoms with Gasteiger partial charge in [0.25, 0.3) is 0 Å². The highest BCUT2D eigenvalue weighted by molar-refractivity contribution is 6.32. The number of hydrogen-bond acceptors (Lipinski definition) is 7. The van der Waals surface area contributed by atoms with E-state index in [1.165, 1.54) is 4.68 Å². The van der Waals surface area contributed by atoms with Gasteiger partial charge in [0.2, 0.25) is 0 Å². The smallest absolute Gasteiger partial charge is 0.327 e. The van der Waals surface area contributed by atoms with Gasteiger partial charge in [-0.2, -0.15) is 10.4 Å². The summed E-state index contributed by atoms with van der Waals surface area (Å²) in [6.07, 6.45) is 7.97. The number of para-hydroxylation sites is 1. The first-order chi connectivity index (χ1) is 16.6. The van der Waals surface area contributed by atoms with Gasteiger partial charge in [-0.15, -0.1) is 0 Å². The Morgan fingerprint density at radius 1 is 1.29 bits per heavy atom. The number of carbonyl (C=O) groups excluding carboxylic acids is 1. The molecule has 1 aliphatic carbocycles. The number of hydrogen-bond donors (Lipinski definition) is 1. The van der Waals surface area contributed by atoms with Gasteiger partial charge in [-0.3, -0.25) is 9.48 Å². The van der Waals surface area contributed by atoms with E-state index in [1.54, 1.807) is 25.3 Å². The van der Waals surface area contributed by atoms with E-state index < -0.39 is 0 Å². The minimum absolute atomic E-state index is 0.00618. The number of benzene rings is 1. The van der Waals surface area contributed by atoms with Crippen LogP contribution in [0.5, 0.6) is 5.75 Å². The van der Waals surface area contributed by atoms with Gasteiger partial charge in [-0.25, -0.2) is 4.98 Å². The summed E-state index contributed by atoms with van der Waals surface area (Å²) < 4.78 is 12.4. The minimum atomic E-state index is -0.371. The highest BCUT2D eigenvalue weighted by Crippen LogP contribution is 2.31. The molecule has 0 spiro atoms. The van der Waals surface area contributed by atoms with Crippen molar-refractivity contribution in [3.63, 3.8) is 0 Å². The Balaban J connectivity index is 1.50. The lowest BCUT2D eigenvalue weighted by molar-refractivity contribution is -0.144. The third-order valence-electron chi connectivity index (χ3n) is 4.94. The average molecular weight is 476 g/mol. The molecule has 8 nitrogen and oxygen atoms in total. The fourth-order valence-corrected chi connectivity index (χ4v) is 3.65. The molecule has 1 aliphatic rings. The first kappa shape index (κ1) is 23.1. The summed E-state index contributed by atoms with van der Waals surface area (Å²) in [5.74, 6) is 1.33. The van der Waals surface area contributed by atoms with Crippen molar-refractivity contribution in [3.8, 4) is 11.8 Å². The van der Waals surface area contributed by atoms with E-state index in [9.17, 15) is 10.1 Å². The summed E-state index contributed by atoms with van der Waals surface area (Å²) in [6.45, 7) is 2.07. The van der Waals surface area contributed by atoms with Gasteiger partial charge in [0.05, 0.1) is 22.9 Å². The highest BCUT2D eigenvalue weighted by atomic mass is 35.5. The maximum Gasteiger partial charge on any atom is 0.327 e. The van der Waals surface area contributed by atoms with Crippen molar-refractivity contribution in [2.45, 2.75) is 26.0 Å². The second kappa shape index (κ2) is 10.7. The molecule has 1 unspecified atom stereocenters. The van der Waals surface area contributed by atoms with Crippen LogP contribution >= 0.6 is 11.6 Å². The van der Waals surface area contributed by atoms with Gasteiger partial charge in [0.15, 0.2) is 5.82 Å². The third kappa shape index (κ3) is 5.63. The van der Waals surface area contributed by atoms with Gasteiger partial charge < -0.3 is 14.8 Å². The molecule has 9 heteroatoms. The molecule has 3 aromatic rings. The summed E-state index contributed by atoms with van der Waals surface area (Å²) in [4.78, 5) is 16.3. The molecule has 1 N–H and O–H groups in total. The Labute approximate surface area is 202 Å². The first-order valence-corrected chi connectivity index (χ1v) is 11.1. The molecule has 172 valence electrons. The number of nitrogens with zero attached hydrogens (tertiary/aromatic N) is 4. The van der Waals surface area contributed by atoms with E-state index in [-0.39, 0.29) is 23.6 Å². The maximum absolute atomic E-state index is 11.7. The van der Waals surface area contributed by atoms with Crippen LogP contribution in [0.15, 0.2) is 66.9 Å². The molecule has 0 aliphatic heterocycles. The largest absolute Gasteiger partial charge is 0.486 e. The van der Waals surface area contributed by atoms with E-state index in [1.807, 2.05) is 48.6 Å². The zero-order valence-corrected chi connectivity index (χ0v) is 19.2. The highest BCUT2D eigenvalue weighted by Gasteiger charge is 2.18. The molecule has 2 heterocycles. The number of rotatable bonds is 8. The van der Waals surface area contributed by atoms with E-state index in [2.05, 4.69) is 21.5 Å². The van der Waals surface area contributed by atoms with Gasteiger partial charge in [0, 0.05) is 24.8 Å². The van der Waals surface area contributed by atoms with Crippen LogP contribution in [0.4, 0.5) is 11.6 Å². The van der Waals surface area contributed by atoms with Crippen LogP contribution in [0.2, 0.25) is 5.02 Å². The second-order valence-corrected chi connectivity index (χ2v) is 7.78. The molecular weight excluding hydrogens is 454 g/mol. The molecule has 0 amide bonds. The van der Waals surface area contributed by atoms with Crippen LogP contribution in [-0.2, 0) is 16.1 Å². The summed E-state index contributed by atoms with van der Waals surface area (Å²) in [5.41, 5.74) is 1.54. The van der Waals surface area contributed by atoms with Crippen LogP contribution in [0.1, 0.15) is 24.6 Å². The van der Waals surface area contributed by atoms with Crippen molar-refractivity contribution in [1.29, 1.82) is 5.26 Å². The lowest BCUT2D eigenvalue weighted by Gasteiger charge is -2.19. The average Bonchev–Trinajstić information content (AvgIpc) is 3.26. The lowest BCUT2D eigenvalue weighted by Crippen LogP contribution is -2.15. The standard InChI is InChI=1S/C25H22ClN5O3/c1-2-33-24(32)16-31-13-12-22(30-31)28-23-14-21(26)20(15-27)25(29-23)17-8-10-19(11-9-17)34-18-6-4-3-5-7-18/h3-10,12-14,19H,2,11,16H2,1H3,(H,28,29,30). The first-order valence-electron chi connectivity index (χ1n) is 10.7. The molecule has 0 bridgehead atoms. The molecule has 1 aromatic carbocycles. The van der Waals surface area contributed by atoms with Crippen molar-refractivity contribution in [2.24, 2.45) is 0 Å².